The number of halogens is 1. The van der Waals surface area contributed by atoms with Crippen molar-refractivity contribution in [1.29, 1.82) is 0 Å². The molecular formula is C22H15ClN2O2S. The van der Waals surface area contributed by atoms with E-state index in [0.717, 1.165) is 5.56 Å². The van der Waals surface area contributed by atoms with Crippen LogP contribution in [0.5, 0.6) is 0 Å². The molecule has 4 rings (SSSR count). The van der Waals surface area contributed by atoms with Gasteiger partial charge in [0.05, 0.1) is 21.8 Å². The second-order valence-electron chi connectivity index (χ2n) is 6.07. The maximum atomic E-state index is 13.3. The Bertz CT molecular complexity index is 1230. The van der Waals surface area contributed by atoms with Gasteiger partial charge in [-0.2, -0.15) is 0 Å². The van der Waals surface area contributed by atoms with Gasteiger partial charge in [0, 0.05) is 11.1 Å². The molecule has 0 saturated heterocycles. The van der Waals surface area contributed by atoms with Crippen molar-refractivity contribution in [3.63, 3.8) is 0 Å². The lowest BCUT2D eigenvalue weighted by atomic mass is 10.1. The van der Waals surface area contributed by atoms with Crippen molar-refractivity contribution in [2.45, 2.75) is 9.79 Å². The molecule has 0 N–H and O–H groups in total. The molecule has 0 spiro atoms. The smallest absolute Gasteiger partial charge is 0.210 e. The van der Waals surface area contributed by atoms with Crippen molar-refractivity contribution in [2.75, 3.05) is 0 Å². The van der Waals surface area contributed by atoms with Gasteiger partial charge in [0.2, 0.25) is 9.84 Å². The molecule has 3 aromatic carbocycles. The predicted octanol–water partition coefficient (Wildman–Crippen LogP) is 5.30. The van der Waals surface area contributed by atoms with E-state index in [2.05, 4.69) is 9.97 Å². The second-order valence-corrected chi connectivity index (χ2v) is 8.39. The molecule has 0 bridgehead atoms. The van der Waals surface area contributed by atoms with Crippen LogP contribution in [0.3, 0.4) is 0 Å². The molecule has 0 aliphatic heterocycles. The first-order valence-corrected chi connectivity index (χ1v) is 10.4. The lowest BCUT2D eigenvalue weighted by molar-refractivity contribution is 0.595. The summed E-state index contributed by atoms with van der Waals surface area (Å²) in [6.07, 6.45) is 1.36. The Morgan fingerprint density at radius 2 is 1.36 bits per heavy atom. The Labute approximate surface area is 168 Å². The lowest BCUT2D eigenvalue weighted by Gasteiger charge is -2.12. The highest BCUT2D eigenvalue weighted by molar-refractivity contribution is 7.91. The number of nitrogens with zero attached hydrogens (tertiary/aromatic N) is 2. The van der Waals surface area contributed by atoms with Crippen LogP contribution >= 0.6 is 11.6 Å². The normalized spacial score (nSPS) is 11.3. The summed E-state index contributed by atoms with van der Waals surface area (Å²) in [6.45, 7) is 0. The first-order chi connectivity index (χ1) is 13.6. The van der Waals surface area contributed by atoms with E-state index in [0.29, 0.717) is 16.4 Å². The zero-order chi connectivity index (χ0) is 19.6. The van der Waals surface area contributed by atoms with Gasteiger partial charge < -0.3 is 0 Å². The molecule has 28 heavy (non-hydrogen) atoms. The molecule has 0 atom stereocenters. The fraction of sp³-hybridized carbons (Fsp3) is 0. The third kappa shape index (κ3) is 3.42. The largest absolute Gasteiger partial charge is 0.235 e. The SMILES string of the molecule is O=S(=O)(c1ccccc1)c1cnc(-c2ccccc2)nc1-c1ccccc1Cl. The van der Waals surface area contributed by atoms with Gasteiger partial charge in [-0.3, -0.25) is 0 Å². The fourth-order valence-corrected chi connectivity index (χ4v) is 4.46. The average molecular weight is 407 g/mol. The molecule has 4 nitrogen and oxygen atoms in total. The molecule has 1 heterocycles. The molecule has 0 unspecified atom stereocenters. The molecule has 0 aliphatic rings. The first-order valence-electron chi connectivity index (χ1n) is 8.55. The highest BCUT2D eigenvalue weighted by Crippen LogP contribution is 2.34. The molecule has 0 radical (unpaired) electrons. The molecular weight excluding hydrogens is 392 g/mol. The van der Waals surface area contributed by atoms with E-state index in [1.54, 1.807) is 54.6 Å². The number of benzene rings is 3. The number of hydrogen-bond acceptors (Lipinski definition) is 4. The van der Waals surface area contributed by atoms with Gasteiger partial charge in [0.1, 0.15) is 4.90 Å². The van der Waals surface area contributed by atoms with E-state index in [9.17, 15) is 8.42 Å². The van der Waals surface area contributed by atoms with E-state index < -0.39 is 9.84 Å². The Kier molecular flexibility index (Phi) is 4.94. The molecule has 6 heteroatoms. The maximum Gasteiger partial charge on any atom is 0.210 e. The highest BCUT2D eigenvalue weighted by Gasteiger charge is 2.25. The second kappa shape index (κ2) is 7.54. The summed E-state index contributed by atoms with van der Waals surface area (Å²) in [5.41, 5.74) is 1.61. The molecule has 0 saturated carbocycles. The summed E-state index contributed by atoms with van der Waals surface area (Å²) in [6, 6.07) is 24.7. The predicted molar refractivity (Wildman–Crippen MR) is 110 cm³/mol. The average Bonchev–Trinajstić information content (AvgIpc) is 2.75. The van der Waals surface area contributed by atoms with Crippen molar-refractivity contribution in [1.82, 2.24) is 9.97 Å². The van der Waals surface area contributed by atoms with Crippen LogP contribution < -0.4 is 0 Å². The lowest BCUT2D eigenvalue weighted by Crippen LogP contribution is -2.07. The van der Waals surface area contributed by atoms with Crippen LogP contribution in [-0.2, 0) is 9.84 Å². The number of aromatic nitrogens is 2. The van der Waals surface area contributed by atoms with E-state index in [1.807, 2.05) is 30.3 Å². The molecule has 138 valence electrons. The third-order valence-electron chi connectivity index (χ3n) is 4.26. The Morgan fingerprint density at radius 3 is 2.04 bits per heavy atom. The first kappa shape index (κ1) is 18.3. The summed E-state index contributed by atoms with van der Waals surface area (Å²) >= 11 is 6.37. The third-order valence-corrected chi connectivity index (χ3v) is 6.36. The Balaban J connectivity index is 1.98. The van der Waals surface area contributed by atoms with Crippen LogP contribution in [-0.4, -0.2) is 18.4 Å². The van der Waals surface area contributed by atoms with Gasteiger partial charge in [0.25, 0.3) is 0 Å². The Hall–Kier alpha value is -3.02. The number of rotatable bonds is 4. The zero-order valence-corrected chi connectivity index (χ0v) is 16.2. The summed E-state index contributed by atoms with van der Waals surface area (Å²) in [5.74, 6) is 0.433. The van der Waals surface area contributed by atoms with Crippen LogP contribution in [0.4, 0.5) is 0 Å². The van der Waals surface area contributed by atoms with Crippen molar-refractivity contribution in [2.24, 2.45) is 0 Å². The van der Waals surface area contributed by atoms with Gasteiger partial charge in [-0.25, -0.2) is 18.4 Å². The van der Waals surface area contributed by atoms with Gasteiger partial charge in [0.15, 0.2) is 5.82 Å². The van der Waals surface area contributed by atoms with Gasteiger partial charge in [-0.05, 0) is 18.2 Å². The fourth-order valence-electron chi connectivity index (χ4n) is 2.87. The van der Waals surface area contributed by atoms with Crippen molar-refractivity contribution in [3.8, 4) is 22.6 Å². The van der Waals surface area contributed by atoms with Crippen molar-refractivity contribution in [3.05, 3.63) is 96.1 Å². The highest BCUT2D eigenvalue weighted by atomic mass is 35.5. The van der Waals surface area contributed by atoms with Crippen LogP contribution in [0, 0.1) is 0 Å². The van der Waals surface area contributed by atoms with Crippen LogP contribution in [0.1, 0.15) is 0 Å². The monoisotopic (exact) mass is 406 g/mol. The summed E-state index contributed by atoms with van der Waals surface area (Å²) in [5, 5.41) is 0.421. The topological polar surface area (TPSA) is 59.9 Å². The Morgan fingerprint density at radius 1 is 0.750 bits per heavy atom. The quantitative estimate of drug-likeness (QED) is 0.461. The van der Waals surface area contributed by atoms with E-state index >= 15 is 0 Å². The van der Waals surface area contributed by atoms with Crippen LogP contribution in [0.25, 0.3) is 22.6 Å². The molecule has 4 aromatic rings. The van der Waals surface area contributed by atoms with E-state index in [-0.39, 0.29) is 15.5 Å². The minimum absolute atomic E-state index is 0.0199. The summed E-state index contributed by atoms with van der Waals surface area (Å²) in [7, 11) is -3.82. The van der Waals surface area contributed by atoms with Gasteiger partial charge in [-0.1, -0.05) is 78.3 Å². The van der Waals surface area contributed by atoms with E-state index in [1.165, 1.54) is 6.20 Å². The molecule has 0 fully saturated rings. The minimum atomic E-state index is -3.82. The summed E-state index contributed by atoms with van der Waals surface area (Å²) in [4.78, 5) is 9.11. The van der Waals surface area contributed by atoms with E-state index in [4.69, 9.17) is 11.6 Å². The number of sulfone groups is 1. The van der Waals surface area contributed by atoms with Crippen molar-refractivity contribution < 1.29 is 8.42 Å². The molecule has 0 amide bonds. The van der Waals surface area contributed by atoms with Gasteiger partial charge >= 0.3 is 0 Å². The van der Waals surface area contributed by atoms with Gasteiger partial charge in [-0.15, -0.1) is 0 Å². The maximum absolute atomic E-state index is 13.3. The van der Waals surface area contributed by atoms with Crippen LogP contribution in [0.2, 0.25) is 5.02 Å². The van der Waals surface area contributed by atoms with Crippen LogP contribution in [0.15, 0.2) is 101 Å². The summed E-state index contributed by atoms with van der Waals surface area (Å²) < 4.78 is 26.5. The molecule has 1 aromatic heterocycles. The van der Waals surface area contributed by atoms with Crippen molar-refractivity contribution >= 4 is 21.4 Å². The zero-order valence-electron chi connectivity index (χ0n) is 14.7. The molecule has 0 aliphatic carbocycles. The minimum Gasteiger partial charge on any atom is -0.235 e. The standard InChI is InChI=1S/C22H15ClN2O2S/c23-19-14-8-7-13-18(19)21-20(28(26,27)17-11-5-2-6-12-17)15-24-22(25-21)16-9-3-1-4-10-16/h1-15H. The number of hydrogen-bond donors (Lipinski definition) is 0.